The summed E-state index contributed by atoms with van der Waals surface area (Å²) in [4.78, 5) is 4.09. The zero-order valence-electron chi connectivity index (χ0n) is 8.64. The van der Waals surface area contributed by atoms with Crippen LogP contribution in [-0.4, -0.2) is 15.2 Å². The Morgan fingerprint density at radius 2 is 2.40 bits per heavy atom. The Balaban J connectivity index is 1.90. The van der Waals surface area contributed by atoms with Gasteiger partial charge >= 0.3 is 0 Å². The van der Waals surface area contributed by atoms with E-state index in [0.29, 0.717) is 6.04 Å². The number of rotatable bonds is 4. The van der Waals surface area contributed by atoms with Crippen molar-refractivity contribution in [2.45, 2.75) is 19.5 Å². The molecule has 0 saturated carbocycles. The number of hydrogen-bond donors (Lipinski definition) is 2. The number of nitrogens with zero attached hydrogens (tertiary/aromatic N) is 2. The monoisotopic (exact) mass is 202 g/mol. The molecule has 0 bridgehead atoms. The first-order chi connectivity index (χ1) is 7.36. The second-order valence-electron chi connectivity index (χ2n) is 3.50. The van der Waals surface area contributed by atoms with Gasteiger partial charge in [-0.25, -0.2) is 0 Å². The molecule has 0 radical (unpaired) electrons. The van der Waals surface area contributed by atoms with Gasteiger partial charge in [-0.1, -0.05) is 6.07 Å². The molecule has 4 nitrogen and oxygen atoms in total. The lowest BCUT2D eigenvalue weighted by Gasteiger charge is -2.12. The predicted octanol–water partition coefficient (Wildman–Crippen LogP) is 1.66. The Kier molecular flexibility index (Phi) is 3.09. The number of aromatic nitrogens is 3. The minimum Gasteiger partial charge on any atom is -0.306 e. The molecule has 78 valence electrons. The summed E-state index contributed by atoms with van der Waals surface area (Å²) in [5.74, 6) is 0. The Morgan fingerprint density at radius 1 is 1.47 bits per heavy atom. The van der Waals surface area contributed by atoms with Gasteiger partial charge in [-0.15, -0.1) is 0 Å². The number of nitrogens with one attached hydrogen (secondary N) is 2. The molecule has 4 heteroatoms. The van der Waals surface area contributed by atoms with Crippen molar-refractivity contribution in [2.24, 2.45) is 0 Å². The summed E-state index contributed by atoms with van der Waals surface area (Å²) < 4.78 is 0. The molecule has 0 amide bonds. The Labute approximate surface area is 88.8 Å². The molecule has 2 rings (SSSR count). The highest BCUT2D eigenvalue weighted by Crippen LogP contribution is 2.10. The van der Waals surface area contributed by atoms with Gasteiger partial charge in [0.2, 0.25) is 0 Å². The molecule has 2 aromatic rings. The van der Waals surface area contributed by atoms with Gasteiger partial charge < -0.3 is 5.32 Å². The maximum Gasteiger partial charge on any atom is 0.0532 e. The normalized spacial score (nSPS) is 12.6. The molecule has 0 aromatic carbocycles. The van der Waals surface area contributed by atoms with Crippen LogP contribution in [0.25, 0.3) is 0 Å². The minimum atomic E-state index is 0.300. The molecule has 0 spiro atoms. The molecule has 15 heavy (non-hydrogen) atoms. The largest absolute Gasteiger partial charge is 0.306 e. The summed E-state index contributed by atoms with van der Waals surface area (Å²) in [7, 11) is 0. The molecule has 0 fully saturated rings. The van der Waals surface area contributed by atoms with E-state index in [1.165, 1.54) is 5.56 Å². The Bertz CT molecular complexity index is 382. The summed E-state index contributed by atoms with van der Waals surface area (Å²) in [5.41, 5.74) is 2.35. The van der Waals surface area contributed by atoms with Crippen LogP contribution in [0.15, 0.2) is 36.9 Å². The topological polar surface area (TPSA) is 53.6 Å². The van der Waals surface area contributed by atoms with Gasteiger partial charge in [0, 0.05) is 36.7 Å². The predicted molar refractivity (Wildman–Crippen MR) is 58.1 cm³/mol. The molecule has 1 atom stereocenters. The summed E-state index contributed by atoms with van der Waals surface area (Å²) in [5, 5.41) is 10.1. The number of H-pyrrole nitrogens is 1. The first-order valence-electron chi connectivity index (χ1n) is 4.97. The van der Waals surface area contributed by atoms with Gasteiger partial charge in [-0.2, -0.15) is 5.10 Å². The molecule has 2 aromatic heterocycles. The fourth-order valence-electron chi connectivity index (χ4n) is 1.40. The Hall–Kier alpha value is -1.68. The third kappa shape index (κ3) is 2.63. The maximum absolute atomic E-state index is 4.09. The smallest absolute Gasteiger partial charge is 0.0532 e. The van der Waals surface area contributed by atoms with Crippen LogP contribution in [0.3, 0.4) is 0 Å². The van der Waals surface area contributed by atoms with E-state index in [1.807, 2.05) is 24.7 Å². The fraction of sp³-hybridized carbons (Fsp3) is 0.273. The quantitative estimate of drug-likeness (QED) is 0.792. The molecule has 2 N–H and O–H groups in total. The van der Waals surface area contributed by atoms with Crippen LogP contribution >= 0.6 is 0 Å². The average molecular weight is 202 g/mol. The SMILES string of the molecule is CC(NCc1cn[nH]c1)c1cccnc1. The van der Waals surface area contributed by atoms with E-state index in [2.05, 4.69) is 33.5 Å². The highest BCUT2D eigenvalue weighted by Gasteiger charge is 2.04. The van der Waals surface area contributed by atoms with Gasteiger partial charge in [0.15, 0.2) is 0 Å². The van der Waals surface area contributed by atoms with E-state index in [1.54, 1.807) is 6.20 Å². The molecule has 1 unspecified atom stereocenters. The van der Waals surface area contributed by atoms with Crippen molar-refractivity contribution in [3.8, 4) is 0 Å². The van der Waals surface area contributed by atoms with Crippen LogP contribution in [-0.2, 0) is 6.54 Å². The second kappa shape index (κ2) is 4.70. The van der Waals surface area contributed by atoms with Crippen LogP contribution < -0.4 is 5.32 Å². The van der Waals surface area contributed by atoms with Gasteiger partial charge in [0.05, 0.1) is 6.20 Å². The standard InChI is InChI=1S/C11H14N4/c1-9(11-3-2-4-12-8-11)13-5-10-6-14-15-7-10/h2-4,6-9,13H,5H2,1H3,(H,14,15). The summed E-state index contributed by atoms with van der Waals surface area (Å²) in [6.45, 7) is 2.93. The first kappa shape index (κ1) is 9.86. The number of aromatic amines is 1. The lowest BCUT2D eigenvalue weighted by Crippen LogP contribution is -2.17. The summed E-state index contributed by atoms with van der Waals surface area (Å²) >= 11 is 0. The third-order valence-corrected chi connectivity index (χ3v) is 2.35. The van der Waals surface area contributed by atoms with Crippen molar-refractivity contribution in [1.29, 1.82) is 0 Å². The molecule has 0 aliphatic heterocycles. The molecular formula is C11H14N4. The molecule has 0 aliphatic carbocycles. The lowest BCUT2D eigenvalue weighted by atomic mass is 10.1. The lowest BCUT2D eigenvalue weighted by molar-refractivity contribution is 0.573. The summed E-state index contributed by atoms with van der Waals surface area (Å²) in [6.07, 6.45) is 7.38. The van der Waals surface area contributed by atoms with Crippen LogP contribution in [0.5, 0.6) is 0 Å². The van der Waals surface area contributed by atoms with Crippen molar-refractivity contribution < 1.29 is 0 Å². The van der Waals surface area contributed by atoms with Crippen molar-refractivity contribution >= 4 is 0 Å². The van der Waals surface area contributed by atoms with E-state index in [-0.39, 0.29) is 0 Å². The van der Waals surface area contributed by atoms with E-state index in [9.17, 15) is 0 Å². The van der Waals surface area contributed by atoms with Gasteiger partial charge in [0.1, 0.15) is 0 Å². The number of pyridine rings is 1. The average Bonchev–Trinajstić information content (AvgIpc) is 2.80. The van der Waals surface area contributed by atoms with Crippen molar-refractivity contribution in [2.75, 3.05) is 0 Å². The zero-order valence-corrected chi connectivity index (χ0v) is 8.64. The van der Waals surface area contributed by atoms with E-state index in [0.717, 1.165) is 12.1 Å². The maximum atomic E-state index is 4.09. The molecule has 0 aliphatic rings. The Morgan fingerprint density at radius 3 is 3.07 bits per heavy atom. The highest BCUT2D eigenvalue weighted by atomic mass is 15.1. The van der Waals surface area contributed by atoms with E-state index in [4.69, 9.17) is 0 Å². The molecule has 0 saturated heterocycles. The number of hydrogen-bond acceptors (Lipinski definition) is 3. The van der Waals surface area contributed by atoms with Crippen LogP contribution in [0.1, 0.15) is 24.1 Å². The summed E-state index contributed by atoms with van der Waals surface area (Å²) in [6, 6.07) is 4.32. The van der Waals surface area contributed by atoms with Crippen LogP contribution in [0.4, 0.5) is 0 Å². The first-order valence-corrected chi connectivity index (χ1v) is 4.97. The highest BCUT2D eigenvalue weighted by molar-refractivity contribution is 5.13. The molecule has 2 heterocycles. The second-order valence-corrected chi connectivity index (χ2v) is 3.50. The van der Waals surface area contributed by atoms with Crippen molar-refractivity contribution in [1.82, 2.24) is 20.5 Å². The van der Waals surface area contributed by atoms with Gasteiger partial charge in [-0.3, -0.25) is 10.1 Å². The van der Waals surface area contributed by atoms with Crippen LogP contribution in [0.2, 0.25) is 0 Å². The van der Waals surface area contributed by atoms with Gasteiger partial charge in [0.25, 0.3) is 0 Å². The minimum absolute atomic E-state index is 0.300. The van der Waals surface area contributed by atoms with E-state index < -0.39 is 0 Å². The van der Waals surface area contributed by atoms with Crippen LogP contribution in [0, 0.1) is 0 Å². The third-order valence-electron chi connectivity index (χ3n) is 2.35. The molecular weight excluding hydrogens is 188 g/mol. The van der Waals surface area contributed by atoms with Gasteiger partial charge in [-0.05, 0) is 18.6 Å². The van der Waals surface area contributed by atoms with E-state index >= 15 is 0 Å². The van der Waals surface area contributed by atoms with Crippen molar-refractivity contribution in [3.63, 3.8) is 0 Å². The van der Waals surface area contributed by atoms with Crippen molar-refractivity contribution in [3.05, 3.63) is 48.0 Å². The fourth-order valence-corrected chi connectivity index (χ4v) is 1.40. The zero-order chi connectivity index (χ0) is 10.5.